The van der Waals surface area contributed by atoms with Crippen LogP contribution in [0.3, 0.4) is 0 Å². The van der Waals surface area contributed by atoms with E-state index in [0.29, 0.717) is 0 Å². The summed E-state index contributed by atoms with van der Waals surface area (Å²) in [5.74, 6) is -0.225. The summed E-state index contributed by atoms with van der Waals surface area (Å²) >= 11 is 5.49. The molecule has 0 saturated carbocycles. The van der Waals surface area contributed by atoms with Gasteiger partial charge >= 0.3 is 0 Å². The molecule has 1 unspecified atom stereocenters. The molecule has 0 heterocycles. The predicted molar refractivity (Wildman–Crippen MR) is 41.6 cm³/mol. The Bertz CT molecular complexity index is 133. The van der Waals surface area contributed by atoms with E-state index in [1.165, 1.54) is 0 Å². The monoisotopic (exact) mass is 256 g/mol. The highest BCUT2D eigenvalue weighted by Crippen LogP contribution is 2.10. The molecule has 0 aromatic rings. The molecule has 0 N–H and O–H groups in total. The van der Waals surface area contributed by atoms with E-state index in [-0.39, 0.29) is 21.7 Å². The first-order chi connectivity index (χ1) is 4.04. The molecule has 0 spiro atoms. The molecule has 0 rings (SSSR count). The fraction of sp³-hybridized carbons (Fsp3) is 0.600. The van der Waals surface area contributed by atoms with Crippen LogP contribution in [-0.2, 0) is 9.59 Å². The van der Waals surface area contributed by atoms with E-state index >= 15 is 0 Å². The highest BCUT2D eigenvalue weighted by Gasteiger charge is 2.11. The maximum atomic E-state index is 10.4. The van der Waals surface area contributed by atoms with Crippen molar-refractivity contribution in [3.8, 4) is 0 Å². The van der Waals surface area contributed by atoms with E-state index in [1.807, 2.05) is 0 Å². The summed E-state index contributed by atoms with van der Waals surface area (Å²) in [6.45, 7) is 1.69. The lowest BCUT2D eigenvalue weighted by atomic mass is 10.1. The van der Waals surface area contributed by atoms with Crippen LogP contribution in [0.15, 0.2) is 0 Å². The van der Waals surface area contributed by atoms with Crippen LogP contribution in [0, 0.1) is 5.92 Å². The van der Waals surface area contributed by atoms with Gasteiger partial charge in [0, 0.05) is 12.3 Å². The number of hydrogen-bond donors (Lipinski definition) is 0. The first kappa shape index (κ1) is 9.30. The van der Waals surface area contributed by atoms with Crippen LogP contribution < -0.4 is 0 Å². The fourth-order valence-electron chi connectivity index (χ4n) is 0.321. The highest BCUT2D eigenvalue weighted by molar-refractivity contribution is 9.18. The summed E-state index contributed by atoms with van der Waals surface area (Å²) in [6, 6.07) is 0. The lowest BCUT2D eigenvalue weighted by molar-refractivity contribution is -0.117. The summed E-state index contributed by atoms with van der Waals surface area (Å²) in [4.78, 5) is 20.7. The minimum absolute atomic E-state index is 0.129. The molecule has 0 fully saturated rings. The zero-order chi connectivity index (χ0) is 7.44. The van der Waals surface area contributed by atoms with E-state index in [1.54, 1.807) is 6.92 Å². The molecule has 0 amide bonds. The van der Waals surface area contributed by atoms with Gasteiger partial charge in [0.2, 0.25) is 4.69 Å². The third kappa shape index (κ3) is 4.78. The number of rotatable bonds is 3. The molecule has 9 heavy (non-hydrogen) atoms. The van der Waals surface area contributed by atoms with Crippen molar-refractivity contribution < 1.29 is 9.59 Å². The van der Waals surface area contributed by atoms with Gasteiger partial charge in [-0.3, -0.25) is 9.59 Å². The van der Waals surface area contributed by atoms with Crippen LogP contribution >= 0.6 is 31.9 Å². The molecule has 0 aromatic heterocycles. The average Bonchev–Trinajstić information content (AvgIpc) is 1.63. The fourth-order valence-corrected chi connectivity index (χ4v) is 0.968. The van der Waals surface area contributed by atoms with Gasteiger partial charge < -0.3 is 0 Å². The molecule has 52 valence electrons. The molecule has 0 aliphatic rings. The smallest absolute Gasteiger partial charge is 0.201 e. The maximum Gasteiger partial charge on any atom is 0.201 e. The van der Waals surface area contributed by atoms with Crippen molar-refractivity contribution in [1.29, 1.82) is 0 Å². The van der Waals surface area contributed by atoms with Gasteiger partial charge in [0.1, 0.15) is 0 Å². The van der Waals surface area contributed by atoms with Crippen molar-refractivity contribution in [2.45, 2.75) is 13.3 Å². The van der Waals surface area contributed by atoms with E-state index < -0.39 is 0 Å². The van der Waals surface area contributed by atoms with Crippen LogP contribution in [0.2, 0.25) is 0 Å². The van der Waals surface area contributed by atoms with Gasteiger partial charge in [0.15, 0.2) is 4.69 Å². The Morgan fingerprint density at radius 1 is 1.44 bits per heavy atom. The normalized spacial score (nSPS) is 12.8. The van der Waals surface area contributed by atoms with Crippen LogP contribution in [0.25, 0.3) is 0 Å². The number of halogens is 2. The second-order valence-electron chi connectivity index (χ2n) is 1.76. The maximum absolute atomic E-state index is 10.4. The van der Waals surface area contributed by atoms with Gasteiger partial charge in [0.05, 0.1) is 0 Å². The molecule has 1 atom stereocenters. The second kappa shape index (κ2) is 4.17. The predicted octanol–water partition coefficient (Wildman–Crippen LogP) is 1.86. The van der Waals surface area contributed by atoms with Crippen molar-refractivity contribution in [3.63, 3.8) is 0 Å². The van der Waals surface area contributed by atoms with Gasteiger partial charge in [-0.05, 0) is 31.9 Å². The quantitative estimate of drug-likeness (QED) is 0.724. The largest absolute Gasteiger partial charge is 0.287 e. The Morgan fingerprint density at radius 2 is 1.89 bits per heavy atom. The van der Waals surface area contributed by atoms with Crippen molar-refractivity contribution >= 4 is 41.2 Å². The Hall–Kier alpha value is 0.300. The van der Waals surface area contributed by atoms with Gasteiger partial charge in [0.25, 0.3) is 0 Å². The second-order valence-corrected chi connectivity index (χ2v) is 3.43. The Kier molecular flexibility index (Phi) is 4.31. The van der Waals surface area contributed by atoms with Crippen LogP contribution in [0.4, 0.5) is 0 Å². The van der Waals surface area contributed by atoms with Gasteiger partial charge in [-0.25, -0.2) is 0 Å². The highest BCUT2D eigenvalue weighted by atomic mass is 79.9. The van der Waals surface area contributed by atoms with Gasteiger partial charge in [-0.15, -0.1) is 0 Å². The molecule has 0 aliphatic carbocycles. The van der Waals surface area contributed by atoms with Crippen molar-refractivity contribution in [2.24, 2.45) is 5.92 Å². The molecule has 0 bridgehead atoms. The van der Waals surface area contributed by atoms with E-state index in [9.17, 15) is 9.59 Å². The molecular weight excluding hydrogens is 252 g/mol. The van der Waals surface area contributed by atoms with Crippen LogP contribution in [-0.4, -0.2) is 9.39 Å². The lowest BCUT2D eigenvalue weighted by Crippen LogP contribution is -2.05. The molecule has 0 aliphatic heterocycles. The summed E-state index contributed by atoms with van der Waals surface area (Å²) in [5.41, 5.74) is 0. The molecule has 2 nitrogen and oxygen atoms in total. The SMILES string of the molecule is CC(CC(=O)Br)C(=O)Br. The number of hydrogen-bond acceptors (Lipinski definition) is 2. The van der Waals surface area contributed by atoms with Gasteiger partial charge in [-0.2, -0.15) is 0 Å². The molecule has 0 aromatic carbocycles. The summed E-state index contributed by atoms with van der Waals surface area (Å²) in [7, 11) is 0. The third-order valence-corrected chi connectivity index (χ3v) is 1.96. The summed E-state index contributed by atoms with van der Waals surface area (Å²) < 4.78 is -0.266. The summed E-state index contributed by atoms with van der Waals surface area (Å²) in [6.07, 6.45) is 0.254. The summed E-state index contributed by atoms with van der Waals surface area (Å²) in [5, 5.41) is 0. The first-order valence-corrected chi connectivity index (χ1v) is 4.00. The Balaban J connectivity index is 3.63. The van der Waals surface area contributed by atoms with Crippen molar-refractivity contribution in [2.75, 3.05) is 0 Å². The molecular formula is C5H6Br2O2. The zero-order valence-electron chi connectivity index (χ0n) is 4.86. The van der Waals surface area contributed by atoms with Gasteiger partial charge in [-0.1, -0.05) is 6.92 Å². The van der Waals surface area contributed by atoms with E-state index in [4.69, 9.17) is 0 Å². The lowest BCUT2D eigenvalue weighted by Gasteiger charge is -1.98. The Morgan fingerprint density at radius 3 is 2.00 bits per heavy atom. The first-order valence-electron chi connectivity index (χ1n) is 2.41. The van der Waals surface area contributed by atoms with Crippen LogP contribution in [0.1, 0.15) is 13.3 Å². The molecule has 4 heteroatoms. The third-order valence-electron chi connectivity index (χ3n) is 0.854. The van der Waals surface area contributed by atoms with E-state index in [0.717, 1.165) is 0 Å². The minimum atomic E-state index is -0.225. The standard InChI is InChI=1S/C5H6Br2O2/c1-3(5(7)9)2-4(6)8/h3H,2H2,1H3. The van der Waals surface area contributed by atoms with Crippen LogP contribution in [0.5, 0.6) is 0 Å². The number of carbonyl (C=O) groups is 2. The molecule has 0 saturated heterocycles. The molecule has 0 radical (unpaired) electrons. The zero-order valence-corrected chi connectivity index (χ0v) is 8.03. The average molecular weight is 258 g/mol. The van der Waals surface area contributed by atoms with E-state index in [2.05, 4.69) is 31.9 Å². The number of carbonyl (C=O) groups excluding carboxylic acids is 2. The van der Waals surface area contributed by atoms with Crippen molar-refractivity contribution in [1.82, 2.24) is 0 Å². The minimum Gasteiger partial charge on any atom is -0.287 e. The Labute approximate surface area is 70.3 Å². The van der Waals surface area contributed by atoms with Crippen molar-refractivity contribution in [3.05, 3.63) is 0 Å². The topological polar surface area (TPSA) is 34.1 Å².